The first-order chi connectivity index (χ1) is 10.7. The van der Waals surface area contributed by atoms with E-state index in [0.717, 1.165) is 37.5 Å². The Morgan fingerprint density at radius 3 is 2.64 bits per heavy atom. The standard InChI is InChI=1S/C18H24N2OS/c1-13-6-9-19(10-7-13)18(21)16-12-17-15(8-11-22-17)20(16)14-4-2-3-5-14/h8,11-14H,2-7,9-10H2,1H3. The Morgan fingerprint density at radius 1 is 1.18 bits per heavy atom. The molecular formula is C18H24N2OS. The van der Waals surface area contributed by atoms with Crippen molar-refractivity contribution in [2.45, 2.75) is 51.5 Å². The molecule has 22 heavy (non-hydrogen) atoms. The molecule has 0 atom stereocenters. The van der Waals surface area contributed by atoms with Gasteiger partial charge in [-0.25, -0.2) is 0 Å². The molecular weight excluding hydrogens is 292 g/mol. The minimum atomic E-state index is 0.252. The summed E-state index contributed by atoms with van der Waals surface area (Å²) in [4.78, 5) is 15.1. The first-order valence-corrected chi connectivity index (χ1v) is 9.49. The molecule has 0 spiro atoms. The SMILES string of the molecule is CC1CCN(C(=O)c2cc3sccc3n2C2CCCC2)CC1. The summed E-state index contributed by atoms with van der Waals surface area (Å²) in [5, 5.41) is 2.15. The van der Waals surface area contributed by atoms with E-state index in [1.165, 1.54) is 35.9 Å². The third-order valence-electron chi connectivity index (χ3n) is 5.44. The molecule has 0 bridgehead atoms. The van der Waals surface area contributed by atoms with Crippen molar-refractivity contribution in [2.75, 3.05) is 13.1 Å². The minimum Gasteiger partial charge on any atom is -0.337 e. The van der Waals surface area contributed by atoms with Crippen molar-refractivity contribution in [3.05, 3.63) is 23.2 Å². The van der Waals surface area contributed by atoms with Gasteiger partial charge in [-0.05, 0) is 49.1 Å². The molecule has 0 N–H and O–H groups in total. The Labute approximate surface area is 135 Å². The average molecular weight is 316 g/mol. The molecule has 1 aliphatic carbocycles. The zero-order valence-corrected chi connectivity index (χ0v) is 14.1. The molecule has 118 valence electrons. The second kappa shape index (κ2) is 5.73. The Morgan fingerprint density at radius 2 is 1.91 bits per heavy atom. The van der Waals surface area contributed by atoms with Gasteiger partial charge in [-0.3, -0.25) is 4.79 Å². The van der Waals surface area contributed by atoms with Gasteiger partial charge in [-0.1, -0.05) is 19.8 Å². The summed E-state index contributed by atoms with van der Waals surface area (Å²) in [7, 11) is 0. The van der Waals surface area contributed by atoms with Gasteiger partial charge in [0.2, 0.25) is 0 Å². The summed E-state index contributed by atoms with van der Waals surface area (Å²) in [6.07, 6.45) is 7.31. The predicted molar refractivity (Wildman–Crippen MR) is 91.6 cm³/mol. The number of rotatable bonds is 2. The molecule has 1 saturated heterocycles. The number of amides is 1. The Balaban J connectivity index is 1.69. The molecule has 1 saturated carbocycles. The van der Waals surface area contributed by atoms with Crippen molar-refractivity contribution in [1.82, 2.24) is 9.47 Å². The maximum Gasteiger partial charge on any atom is 0.270 e. The van der Waals surface area contributed by atoms with Crippen molar-refractivity contribution in [2.24, 2.45) is 5.92 Å². The molecule has 2 aliphatic rings. The van der Waals surface area contributed by atoms with E-state index in [0.29, 0.717) is 6.04 Å². The van der Waals surface area contributed by atoms with E-state index in [1.807, 2.05) is 0 Å². The van der Waals surface area contributed by atoms with Gasteiger partial charge < -0.3 is 9.47 Å². The number of nitrogens with zero attached hydrogens (tertiary/aromatic N) is 2. The Kier molecular flexibility index (Phi) is 3.73. The molecule has 0 radical (unpaired) electrons. The van der Waals surface area contributed by atoms with Crippen molar-refractivity contribution in [1.29, 1.82) is 0 Å². The van der Waals surface area contributed by atoms with Crippen LogP contribution in [0.2, 0.25) is 0 Å². The number of hydrogen-bond donors (Lipinski definition) is 0. The third kappa shape index (κ3) is 2.37. The molecule has 3 heterocycles. The number of piperidine rings is 1. The van der Waals surface area contributed by atoms with Crippen LogP contribution in [0.5, 0.6) is 0 Å². The molecule has 2 aromatic rings. The summed E-state index contributed by atoms with van der Waals surface area (Å²) in [5.41, 5.74) is 2.20. The quantitative estimate of drug-likeness (QED) is 0.789. The second-order valence-corrected chi connectivity index (χ2v) is 7.93. The maximum absolute atomic E-state index is 13.1. The summed E-state index contributed by atoms with van der Waals surface area (Å²) in [6, 6.07) is 4.85. The van der Waals surface area contributed by atoms with Gasteiger partial charge in [0.25, 0.3) is 5.91 Å². The highest BCUT2D eigenvalue weighted by molar-refractivity contribution is 7.17. The number of aromatic nitrogens is 1. The molecule has 4 heteroatoms. The number of carbonyl (C=O) groups is 1. The summed E-state index contributed by atoms with van der Waals surface area (Å²) in [6.45, 7) is 4.13. The molecule has 0 aromatic carbocycles. The Bertz CT molecular complexity index is 672. The molecule has 2 aromatic heterocycles. The van der Waals surface area contributed by atoms with Crippen molar-refractivity contribution < 1.29 is 4.79 Å². The van der Waals surface area contributed by atoms with Crippen LogP contribution in [0.1, 0.15) is 62.0 Å². The third-order valence-corrected chi connectivity index (χ3v) is 6.29. The van der Waals surface area contributed by atoms with Crippen LogP contribution >= 0.6 is 11.3 Å². The number of carbonyl (C=O) groups excluding carboxylic acids is 1. The zero-order valence-electron chi connectivity index (χ0n) is 13.3. The smallest absolute Gasteiger partial charge is 0.270 e. The number of thiophene rings is 1. The van der Waals surface area contributed by atoms with Crippen LogP contribution in [0.15, 0.2) is 17.5 Å². The van der Waals surface area contributed by atoms with E-state index in [4.69, 9.17) is 0 Å². The lowest BCUT2D eigenvalue weighted by Crippen LogP contribution is -2.39. The molecule has 4 rings (SSSR count). The highest BCUT2D eigenvalue weighted by Crippen LogP contribution is 2.37. The van der Waals surface area contributed by atoms with Gasteiger partial charge in [0.15, 0.2) is 0 Å². The van der Waals surface area contributed by atoms with Gasteiger partial charge >= 0.3 is 0 Å². The fourth-order valence-corrected chi connectivity index (χ4v) is 4.85. The first kappa shape index (κ1) is 14.3. The van der Waals surface area contributed by atoms with E-state index >= 15 is 0 Å². The van der Waals surface area contributed by atoms with Crippen molar-refractivity contribution in [3.63, 3.8) is 0 Å². The lowest BCUT2D eigenvalue weighted by atomic mass is 9.99. The van der Waals surface area contributed by atoms with Gasteiger partial charge in [-0.15, -0.1) is 11.3 Å². The van der Waals surface area contributed by atoms with Crippen LogP contribution in [0.25, 0.3) is 10.2 Å². The summed E-state index contributed by atoms with van der Waals surface area (Å²) < 4.78 is 3.62. The summed E-state index contributed by atoms with van der Waals surface area (Å²) in [5.74, 6) is 1.01. The van der Waals surface area contributed by atoms with Crippen LogP contribution in [-0.4, -0.2) is 28.5 Å². The highest BCUT2D eigenvalue weighted by Gasteiger charge is 2.28. The molecule has 1 aliphatic heterocycles. The van der Waals surface area contributed by atoms with Crippen LogP contribution < -0.4 is 0 Å². The maximum atomic E-state index is 13.1. The Hall–Kier alpha value is -1.29. The van der Waals surface area contributed by atoms with Gasteiger partial charge in [-0.2, -0.15) is 0 Å². The molecule has 2 fully saturated rings. The van der Waals surface area contributed by atoms with Crippen LogP contribution in [0.4, 0.5) is 0 Å². The van der Waals surface area contributed by atoms with Gasteiger partial charge in [0.05, 0.1) is 10.2 Å². The highest BCUT2D eigenvalue weighted by atomic mass is 32.1. The lowest BCUT2D eigenvalue weighted by Gasteiger charge is -2.31. The molecule has 1 amide bonds. The summed E-state index contributed by atoms with van der Waals surface area (Å²) >= 11 is 1.75. The number of fused-ring (bicyclic) bond motifs is 1. The first-order valence-electron chi connectivity index (χ1n) is 8.62. The van der Waals surface area contributed by atoms with Gasteiger partial charge in [0, 0.05) is 19.1 Å². The van der Waals surface area contributed by atoms with Crippen LogP contribution in [-0.2, 0) is 0 Å². The molecule has 0 unspecified atom stereocenters. The van der Waals surface area contributed by atoms with Gasteiger partial charge in [0.1, 0.15) is 5.69 Å². The lowest BCUT2D eigenvalue weighted by molar-refractivity contribution is 0.0684. The van der Waals surface area contributed by atoms with E-state index in [9.17, 15) is 4.79 Å². The number of likely N-dealkylation sites (tertiary alicyclic amines) is 1. The van der Waals surface area contributed by atoms with Crippen molar-refractivity contribution in [3.8, 4) is 0 Å². The van der Waals surface area contributed by atoms with E-state index in [-0.39, 0.29) is 5.91 Å². The van der Waals surface area contributed by atoms with E-state index in [1.54, 1.807) is 11.3 Å². The largest absolute Gasteiger partial charge is 0.337 e. The predicted octanol–water partition coefficient (Wildman–Crippen LogP) is 4.69. The average Bonchev–Trinajstić information content (AvgIpc) is 3.23. The monoisotopic (exact) mass is 316 g/mol. The second-order valence-electron chi connectivity index (χ2n) is 6.98. The molecule has 3 nitrogen and oxygen atoms in total. The zero-order chi connectivity index (χ0) is 15.1. The normalized spacial score (nSPS) is 21.0. The minimum absolute atomic E-state index is 0.252. The van der Waals surface area contributed by atoms with Crippen LogP contribution in [0, 0.1) is 5.92 Å². The fourth-order valence-electron chi connectivity index (χ4n) is 4.04. The number of hydrogen-bond acceptors (Lipinski definition) is 2. The fraction of sp³-hybridized carbons (Fsp3) is 0.611. The van der Waals surface area contributed by atoms with E-state index < -0.39 is 0 Å². The van der Waals surface area contributed by atoms with Crippen molar-refractivity contribution >= 4 is 27.5 Å². The van der Waals surface area contributed by atoms with E-state index in [2.05, 4.69) is 33.9 Å². The topological polar surface area (TPSA) is 25.2 Å². The van der Waals surface area contributed by atoms with Crippen LogP contribution in [0.3, 0.4) is 0 Å².